The van der Waals surface area contributed by atoms with E-state index >= 15 is 0 Å². The predicted molar refractivity (Wildman–Crippen MR) is 74.9 cm³/mol. The summed E-state index contributed by atoms with van der Waals surface area (Å²) in [6.45, 7) is 3.24. The molecule has 1 aliphatic rings. The van der Waals surface area contributed by atoms with Crippen LogP contribution >= 0.6 is 0 Å². The van der Waals surface area contributed by atoms with E-state index in [1.54, 1.807) is 0 Å². The van der Waals surface area contributed by atoms with E-state index in [4.69, 9.17) is 0 Å². The van der Waals surface area contributed by atoms with E-state index in [9.17, 15) is 18.0 Å². The van der Waals surface area contributed by atoms with Crippen molar-refractivity contribution >= 4 is 11.6 Å². The molecule has 1 aromatic carbocycles. The molecular weight excluding hydrogens is 281 g/mol. The Hall–Kier alpha value is -1.56. The molecule has 2 rings (SSSR count). The fourth-order valence-electron chi connectivity index (χ4n) is 2.72. The first-order chi connectivity index (χ1) is 9.89. The number of halogens is 3. The number of amides is 1. The van der Waals surface area contributed by atoms with Crippen LogP contribution in [0.3, 0.4) is 0 Å². The Morgan fingerprint density at radius 1 is 1.38 bits per heavy atom. The van der Waals surface area contributed by atoms with Crippen molar-refractivity contribution < 1.29 is 18.0 Å². The third-order valence-electron chi connectivity index (χ3n) is 4.11. The summed E-state index contributed by atoms with van der Waals surface area (Å²) in [6, 6.07) is 5.08. The van der Waals surface area contributed by atoms with Gasteiger partial charge < -0.3 is 10.6 Å². The van der Waals surface area contributed by atoms with Gasteiger partial charge in [-0.2, -0.15) is 13.2 Å². The Balaban J connectivity index is 2.23. The molecule has 3 nitrogen and oxygen atoms in total. The molecule has 6 heteroatoms. The van der Waals surface area contributed by atoms with E-state index in [0.717, 1.165) is 19.0 Å². The minimum Gasteiger partial charge on any atom is -0.325 e. The molecule has 1 heterocycles. The van der Waals surface area contributed by atoms with Crippen molar-refractivity contribution in [3.8, 4) is 0 Å². The van der Waals surface area contributed by atoms with Gasteiger partial charge in [0.1, 0.15) is 0 Å². The van der Waals surface area contributed by atoms with Gasteiger partial charge in [0.15, 0.2) is 0 Å². The zero-order valence-electron chi connectivity index (χ0n) is 11.9. The van der Waals surface area contributed by atoms with Crippen LogP contribution < -0.4 is 10.6 Å². The maximum absolute atomic E-state index is 13.0. The van der Waals surface area contributed by atoms with Crippen LogP contribution in [0.25, 0.3) is 0 Å². The van der Waals surface area contributed by atoms with Gasteiger partial charge in [-0.15, -0.1) is 0 Å². The summed E-state index contributed by atoms with van der Waals surface area (Å²) in [5.74, 6) is -0.339. The van der Waals surface area contributed by atoms with E-state index in [-0.39, 0.29) is 11.6 Å². The highest BCUT2D eigenvalue weighted by atomic mass is 19.4. The van der Waals surface area contributed by atoms with Crippen LogP contribution in [0.4, 0.5) is 18.9 Å². The van der Waals surface area contributed by atoms with Crippen molar-refractivity contribution in [2.24, 2.45) is 5.41 Å². The van der Waals surface area contributed by atoms with E-state index in [2.05, 4.69) is 10.6 Å². The number of rotatable bonds is 3. The second-order valence-corrected chi connectivity index (χ2v) is 5.41. The quantitative estimate of drug-likeness (QED) is 0.898. The lowest BCUT2D eigenvalue weighted by molar-refractivity contribution is -0.137. The van der Waals surface area contributed by atoms with Gasteiger partial charge >= 0.3 is 6.18 Å². The number of piperidine rings is 1. The van der Waals surface area contributed by atoms with E-state index in [1.165, 1.54) is 18.2 Å². The van der Waals surface area contributed by atoms with Gasteiger partial charge in [0.25, 0.3) is 0 Å². The molecule has 116 valence electrons. The Labute approximate surface area is 121 Å². The summed E-state index contributed by atoms with van der Waals surface area (Å²) in [5, 5.41) is 5.63. The fraction of sp³-hybridized carbons (Fsp3) is 0.533. The van der Waals surface area contributed by atoms with Crippen LogP contribution in [0.5, 0.6) is 0 Å². The summed E-state index contributed by atoms with van der Waals surface area (Å²) >= 11 is 0. The number of para-hydroxylation sites is 1. The first-order valence-electron chi connectivity index (χ1n) is 7.07. The summed E-state index contributed by atoms with van der Waals surface area (Å²) in [5.41, 5.74) is -1.61. The SMILES string of the molecule is CCC1(C(=O)Nc2ccccc2C(F)(F)F)CCCNC1. The highest BCUT2D eigenvalue weighted by Crippen LogP contribution is 2.37. The van der Waals surface area contributed by atoms with Gasteiger partial charge in [-0.25, -0.2) is 0 Å². The molecule has 1 amide bonds. The average Bonchev–Trinajstić information content (AvgIpc) is 2.47. The number of hydrogen-bond acceptors (Lipinski definition) is 2. The smallest absolute Gasteiger partial charge is 0.325 e. The van der Waals surface area contributed by atoms with E-state index < -0.39 is 17.2 Å². The monoisotopic (exact) mass is 300 g/mol. The van der Waals surface area contributed by atoms with Crippen LogP contribution in [0.1, 0.15) is 31.7 Å². The Kier molecular flexibility index (Phi) is 4.56. The zero-order chi connectivity index (χ0) is 15.5. The molecule has 21 heavy (non-hydrogen) atoms. The standard InChI is InChI=1S/C15H19F3N2O/c1-2-14(8-5-9-19-10-14)13(21)20-12-7-4-3-6-11(12)15(16,17)18/h3-4,6-7,19H,2,5,8-10H2,1H3,(H,20,21). The van der Waals surface area contributed by atoms with Crippen LogP contribution in [0.2, 0.25) is 0 Å². The molecule has 1 aliphatic heterocycles. The third-order valence-corrected chi connectivity index (χ3v) is 4.11. The van der Waals surface area contributed by atoms with Crippen molar-refractivity contribution in [1.82, 2.24) is 5.32 Å². The van der Waals surface area contributed by atoms with Crippen LogP contribution in [0.15, 0.2) is 24.3 Å². The molecule has 0 aliphatic carbocycles. The molecular formula is C15H19F3N2O. The van der Waals surface area contributed by atoms with Gasteiger partial charge in [0, 0.05) is 6.54 Å². The lowest BCUT2D eigenvalue weighted by atomic mass is 9.77. The normalized spacial score (nSPS) is 22.9. The number of benzene rings is 1. The molecule has 2 N–H and O–H groups in total. The molecule has 0 radical (unpaired) electrons. The molecule has 1 atom stereocenters. The van der Waals surface area contributed by atoms with Gasteiger partial charge in [-0.3, -0.25) is 4.79 Å². The second kappa shape index (κ2) is 6.05. The molecule has 0 aromatic heterocycles. The van der Waals surface area contributed by atoms with Crippen LogP contribution in [-0.4, -0.2) is 19.0 Å². The summed E-state index contributed by atoms with van der Waals surface area (Å²) in [7, 11) is 0. The number of alkyl halides is 3. The fourth-order valence-corrected chi connectivity index (χ4v) is 2.72. The van der Waals surface area contributed by atoms with Crippen molar-refractivity contribution in [3.05, 3.63) is 29.8 Å². The Morgan fingerprint density at radius 3 is 2.67 bits per heavy atom. The first kappa shape index (κ1) is 15.8. The van der Waals surface area contributed by atoms with Crippen LogP contribution in [0, 0.1) is 5.41 Å². The maximum atomic E-state index is 13.0. The Morgan fingerprint density at radius 2 is 2.10 bits per heavy atom. The van der Waals surface area contributed by atoms with Gasteiger partial charge in [0.2, 0.25) is 5.91 Å². The number of anilines is 1. The lowest BCUT2D eigenvalue weighted by Crippen LogP contribution is -2.47. The lowest BCUT2D eigenvalue weighted by Gasteiger charge is -2.35. The molecule has 0 spiro atoms. The third kappa shape index (κ3) is 3.37. The van der Waals surface area contributed by atoms with Crippen LogP contribution in [-0.2, 0) is 11.0 Å². The molecule has 1 saturated heterocycles. The largest absolute Gasteiger partial charge is 0.418 e. The zero-order valence-corrected chi connectivity index (χ0v) is 11.9. The van der Waals surface area contributed by atoms with Gasteiger partial charge in [-0.1, -0.05) is 19.1 Å². The number of hydrogen-bond donors (Lipinski definition) is 2. The first-order valence-corrected chi connectivity index (χ1v) is 7.07. The summed E-state index contributed by atoms with van der Waals surface area (Å²) in [6.07, 6.45) is -2.34. The highest BCUT2D eigenvalue weighted by molar-refractivity contribution is 5.96. The topological polar surface area (TPSA) is 41.1 Å². The predicted octanol–water partition coefficient (Wildman–Crippen LogP) is 3.42. The van der Waals surface area contributed by atoms with Gasteiger partial charge in [-0.05, 0) is 37.9 Å². The minimum absolute atomic E-state index is 0.173. The minimum atomic E-state index is -4.48. The summed E-state index contributed by atoms with van der Waals surface area (Å²) in [4.78, 5) is 12.5. The van der Waals surface area contributed by atoms with Crippen molar-refractivity contribution in [2.75, 3.05) is 18.4 Å². The molecule has 1 aromatic rings. The number of carbonyl (C=O) groups excluding carboxylic acids is 1. The van der Waals surface area contributed by atoms with E-state index in [1.807, 2.05) is 6.92 Å². The van der Waals surface area contributed by atoms with Crippen molar-refractivity contribution in [1.29, 1.82) is 0 Å². The van der Waals surface area contributed by atoms with Crippen molar-refractivity contribution in [2.45, 2.75) is 32.4 Å². The Bertz CT molecular complexity index is 508. The number of nitrogens with one attached hydrogen (secondary N) is 2. The number of carbonyl (C=O) groups is 1. The van der Waals surface area contributed by atoms with Gasteiger partial charge in [0.05, 0.1) is 16.7 Å². The molecule has 1 unspecified atom stereocenters. The summed E-state index contributed by atoms with van der Waals surface area (Å²) < 4.78 is 38.9. The molecule has 1 fully saturated rings. The molecule has 0 bridgehead atoms. The second-order valence-electron chi connectivity index (χ2n) is 5.41. The molecule has 0 saturated carbocycles. The average molecular weight is 300 g/mol. The van der Waals surface area contributed by atoms with Crippen molar-refractivity contribution in [3.63, 3.8) is 0 Å². The van der Waals surface area contributed by atoms with E-state index in [0.29, 0.717) is 19.4 Å². The highest BCUT2D eigenvalue weighted by Gasteiger charge is 2.39. The maximum Gasteiger partial charge on any atom is 0.418 e.